The number of thiazole rings is 1. The average Bonchev–Trinajstić information content (AvgIpc) is 3.20. The van der Waals surface area contributed by atoms with Crippen LogP contribution in [0.1, 0.15) is 5.56 Å². The monoisotopic (exact) mass is 440 g/mol. The van der Waals surface area contributed by atoms with Crippen molar-refractivity contribution in [3.8, 4) is 11.5 Å². The van der Waals surface area contributed by atoms with Gasteiger partial charge in [0, 0.05) is 5.69 Å². The number of fused-ring (bicyclic) bond motifs is 1. The van der Waals surface area contributed by atoms with Crippen LogP contribution in [-0.4, -0.2) is 15.0 Å². The normalized spacial score (nSPS) is 10.8. The number of benzene rings is 3. The van der Waals surface area contributed by atoms with Gasteiger partial charge in [-0.2, -0.15) is 0 Å². The Morgan fingerprint density at radius 3 is 2.34 bits per heavy atom. The zero-order valence-electron chi connectivity index (χ0n) is 17.2. The summed E-state index contributed by atoms with van der Waals surface area (Å²) in [5, 5.41) is 7.18. The van der Waals surface area contributed by atoms with Gasteiger partial charge in [0.05, 0.1) is 10.2 Å². The minimum absolute atomic E-state index is 0.410. The van der Waals surface area contributed by atoms with Crippen molar-refractivity contribution >= 4 is 49.7 Å². The van der Waals surface area contributed by atoms with Crippen LogP contribution in [-0.2, 0) is 0 Å². The first kappa shape index (κ1) is 19.8. The third-order valence-corrected chi connectivity index (χ3v) is 5.68. The molecule has 5 rings (SSSR count). The third kappa shape index (κ3) is 4.30. The Morgan fingerprint density at radius 1 is 0.844 bits per heavy atom. The summed E-state index contributed by atoms with van der Waals surface area (Å²) in [6.45, 7) is 2.06. The number of anilines is 5. The molecule has 0 aliphatic rings. The molecule has 5 aromatic rings. The molecule has 0 bridgehead atoms. The maximum absolute atomic E-state index is 6.33. The van der Waals surface area contributed by atoms with Gasteiger partial charge in [0.25, 0.3) is 0 Å². The standard InChI is InChI=1S/C24H20N6OS/c1-15-7-12-19-20(13-15)32-24(29-19)30-23-21(25)22(26-14-27-23)28-16-8-10-18(11-9-16)31-17-5-3-2-4-6-17/h2-14H,25H2,1H3,(H2,26,27,28,29,30). The molecule has 32 heavy (non-hydrogen) atoms. The third-order valence-electron chi connectivity index (χ3n) is 4.75. The number of hydrogen-bond acceptors (Lipinski definition) is 8. The Kier molecular flexibility index (Phi) is 5.27. The molecule has 2 aromatic heterocycles. The topological polar surface area (TPSA) is 98.0 Å². The van der Waals surface area contributed by atoms with Crippen LogP contribution >= 0.6 is 11.3 Å². The van der Waals surface area contributed by atoms with Gasteiger partial charge in [-0.3, -0.25) is 0 Å². The van der Waals surface area contributed by atoms with Gasteiger partial charge < -0.3 is 21.1 Å². The summed E-state index contributed by atoms with van der Waals surface area (Å²) in [6, 6.07) is 23.4. The lowest BCUT2D eigenvalue weighted by Crippen LogP contribution is -2.05. The van der Waals surface area contributed by atoms with Crippen molar-refractivity contribution in [2.45, 2.75) is 6.92 Å². The lowest BCUT2D eigenvalue weighted by Gasteiger charge is -2.12. The summed E-state index contributed by atoms with van der Waals surface area (Å²) in [5.74, 6) is 2.54. The second kappa shape index (κ2) is 8.52. The van der Waals surface area contributed by atoms with Gasteiger partial charge in [-0.25, -0.2) is 15.0 Å². The molecular formula is C24H20N6OS. The predicted molar refractivity (Wildman–Crippen MR) is 130 cm³/mol. The van der Waals surface area contributed by atoms with Gasteiger partial charge in [0.15, 0.2) is 16.8 Å². The second-order valence-electron chi connectivity index (χ2n) is 7.16. The van der Waals surface area contributed by atoms with Crippen molar-refractivity contribution in [2.75, 3.05) is 16.4 Å². The Balaban J connectivity index is 1.32. The van der Waals surface area contributed by atoms with E-state index in [9.17, 15) is 0 Å². The highest BCUT2D eigenvalue weighted by Gasteiger charge is 2.11. The fourth-order valence-electron chi connectivity index (χ4n) is 3.15. The number of rotatable bonds is 6. The fraction of sp³-hybridized carbons (Fsp3) is 0.0417. The zero-order chi connectivity index (χ0) is 21.9. The molecule has 0 aliphatic carbocycles. The molecule has 0 radical (unpaired) electrons. The summed E-state index contributed by atoms with van der Waals surface area (Å²) in [7, 11) is 0. The van der Waals surface area contributed by atoms with E-state index in [2.05, 4.69) is 38.6 Å². The van der Waals surface area contributed by atoms with Crippen molar-refractivity contribution in [3.05, 3.63) is 84.7 Å². The van der Waals surface area contributed by atoms with Gasteiger partial charge in [-0.15, -0.1) is 0 Å². The molecule has 0 atom stereocenters. The van der Waals surface area contributed by atoms with Gasteiger partial charge >= 0.3 is 0 Å². The largest absolute Gasteiger partial charge is 0.457 e. The Hall–Kier alpha value is -4.17. The second-order valence-corrected chi connectivity index (χ2v) is 8.19. The van der Waals surface area contributed by atoms with E-state index in [0.717, 1.165) is 32.5 Å². The Labute approximate surface area is 189 Å². The number of hydrogen-bond donors (Lipinski definition) is 3. The number of nitrogens with two attached hydrogens (primary N) is 1. The highest BCUT2D eigenvalue weighted by Crippen LogP contribution is 2.33. The predicted octanol–water partition coefficient (Wildman–Crippen LogP) is 6.26. The van der Waals surface area contributed by atoms with Crippen molar-refractivity contribution in [1.29, 1.82) is 0 Å². The first-order valence-corrected chi connectivity index (χ1v) is 10.8. The smallest absolute Gasteiger partial charge is 0.189 e. The van der Waals surface area contributed by atoms with Crippen molar-refractivity contribution < 1.29 is 4.74 Å². The van der Waals surface area contributed by atoms with E-state index < -0.39 is 0 Å². The molecule has 8 heteroatoms. The molecular weight excluding hydrogens is 420 g/mol. The first-order valence-electron chi connectivity index (χ1n) is 9.99. The highest BCUT2D eigenvalue weighted by molar-refractivity contribution is 7.22. The van der Waals surface area contributed by atoms with Crippen LogP contribution in [0, 0.1) is 6.92 Å². The minimum atomic E-state index is 0.410. The van der Waals surface area contributed by atoms with E-state index >= 15 is 0 Å². The minimum Gasteiger partial charge on any atom is -0.457 e. The van der Waals surface area contributed by atoms with Crippen LogP contribution in [0.3, 0.4) is 0 Å². The van der Waals surface area contributed by atoms with Gasteiger partial charge in [0.1, 0.15) is 23.5 Å². The van der Waals surface area contributed by atoms with E-state index in [4.69, 9.17) is 10.5 Å². The van der Waals surface area contributed by atoms with Crippen LogP contribution in [0.2, 0.25) is 0 Å². The summed E-state index contributed by atoms with van der Waals surface area (Å²) < 4.78 is 6.94. The lowest BCUT2D eigenvalue weighted by atomic mass is 10.2. The summed E-state index contributed by atoms with van der Waals surface area (Å²) in [6.07, 6.45) is 1.46. The molecule has 2 heterocycles. The van der Waals surface area contributed by atoms with Crippen LogP contribution in [0.25, 0.3) is 10.2 Å². The molecule has 0 unspecified atom stereocenters. The maximum atomic E-state index is 6.33. The zero-order valence-corrected chi connectivity index (χ0v) is 18.1. The molecule has 0 saturated carbocycles. The van der Waals surface area contributed by atoms with E-state index in [1.807, 2.05) is 66.7 Å². The highest BCUT2D eigenvalue weighted by atomic mass is 32.1. The lowest BCUT2D eigenvalue weighted by molar-refractivity contribution is 0.483. The maximum Gasteiger partial charge on any atom is 0.189 e. The van der Waals surface area contributed by atoms with E-state index in [0.29, 0.717) is 17.3 Å². The quantitative estimate of drug-likeness (QED) is 0.287. The molecule has 7 nitrogen and oxygen atoms in total. The molecule has 3 aromatic carbocycles. The van der Waals surface area contributed by atoms with Crippen LogP contribution in [0.5, 0.6) is 11.5 Å². The molecule has 0 saturated heterocycles. The number of aromatic nitrogens is 3. The van der Waals surface area contributed by atoms with Gasteiger partial charge in [-0.1, -0.05) is 35.6 Å². The number of ether oxygens (including phenoxy) is 1. The number of para-hydroxylation sites is 1. The summed E-state index contributed by atoms with van der Waals surface area (Å²) >= 11 is 1.55. The Morgan fingerprint density at radius 2 is 1.56 bits per heavy atom. The van der Waals surface area contributed by atoms with E-state index in [1.54, 1.807) is 11.3 Å². The molecule has 0 amide bonds. The van der Waals surface area contributed by atoms with E-state index in [1.165, 1.54) is 11.9 Å². The van der Waals surface area contributed by atoms with Crippen molar-refractivity contribution in [1.82, 2.24) is 15.0 Å². The van der Waals surface area contributed by atoms with Crippen molar-refractivity contribution in [2.24, 2.45) is 0 Å². The van der Waals surface area contributed by atoms with E-state index in [-0.39, 0.29) is 0 Å². The SMILES string of the molecule is Cc1ccc2nc(Nc3ncnc(Nc4ccc(Oc5ccccc5)cc4)c3N)sc2c1. The van der Waals surface area contributed by atoms with Crippen LogP contribution in [0.4, 0.5) is 28.1 Å². The molecule has 0 aliphatic heterocycles. The van der Waals surface area contributed by atoms with Crippen molar-refractivity contribution in [3.63, 3.8) is 0 Å². The Bertz CT molecular complexity index is 1370. The van der Waals surface area contributed by atoms with Gasteiger partial charge in [0.2, 0.25) is 0 Å². The summed E-state index contributed by atoms with van der Waals surface area (Å²) in [4.78, 5) is 13.2. The number of nitrogen functional groups attached to an aromatic ring is 1. The summed E-state index contributed by atoms with van der Waals surface area (Å²) in [5.41, 5.74) is 9.70. The fourth-order valence-corrected chi connectivity index (χ4v) is 4.11. The first-order chi connectivity index (χ1) is 15.6. The molecule has 0 fully saturated rings. The van der Waals surface area contributed by atoms with Crippen LogP contribution < -0.4 is 21.1 Å². The number of aryl methyl sites for hydroxylation is 1. The number of nitrogens with zero attached hydrogens (tertiary/aromatic N) is 3. The average molecular weight is 441 g/mol. The number of nitrogens with one attached hydrogen (secondary N) is 2. The molecule has 0 spiro atoms. The van der Waals surface area contributed by atoms with Gasteiger partial charge in [-0.05, 0) is 61.0 Å². The van der Waals surface area contributed by atoms with Crippen LogP contribution in [0.15, 0.2) is 79.1 Å². The molecule has 158 valence electrons. The molecule has 4 N–H and O–H groups in total.